The van der Waals surface area contributed by atoms with Crippen molar-refractivity contribution in [2.75, 3.05) is 0 Å². The number of hydrazine groups is 1. The second-order valence-corrected chi connectivity index (χ2v) is 2.97. The van der Waals surface area contributed by atoms with Crippen molar-refractivity contribution in [3.05, 3.63) is 0 Å². The number of hydrogen-bond acceptors (Lipinski definition) is 2. The Morgan fingerprint density at radius 2 is 2.36 bits per heavy atom. The highest BCUT2D eigenvalue weighted by atomic mass is 16.2. The molecule has 0 aromatic rings. The van der Waals surface area contributed by atoms with Crippen LogP contribution in [0.15, 0.2) is 0 Å². The van der Waals surface area contributed by atoms with E-state index in [9.17, 15) is 4.79 Å². The van der Waals surface area contributed by atoms with Crippen LogP contribution in [-0.4, -0.2) is 12.1 Å². The number of nitrogens with two attached hydrogens (primary N) is 1. The molecule has 2 amide bonds. The molecule has 1 rings (SSSR count). The molecule has 0 aliphatic heterocycles. The smallest absolute Gasteiger partial charge is 0.329 e. The van der Waals surface area contributed by atoms with Crippen LogP contribution in [0.4, 0.5) is 4.79 Å². The maximum absolute atomic E-state index is 10.8. The molecule has 0 aromatic carbocycles. The van der Waals surface area contributed by atoms with E-state index < -0.39 is 0 Å². The second-order valence-electron chi connectivity index (χ2n) is 2.97. The Hall–Kier alpha value is -0.770. The molecule has 4 nitrogen and oxygen atoms in total. The first-order chi connectivity index (χ1) is 5.27. The van der Waals surface area contributed by atoms with Crippen LogP contribution in [-0.2, 0) is 0 Å². The quantitative estimate of drug-likeness (QED) is 0.314. The molecule has 4 heteroatoms. The van der Waals surface area contributed by atoms with Gasteiger partial charge in [-0.15, -0.1) is 0 Å². The van der Waals surface area contributed by atoms with Crippen molar-refractivity contribution in [2.24, 2.45) is 11.8 Å². The maximum atomic E-state index is 10.8. The van der Waals surface area contributed by atoms with Gasteiger partial charge in [-0.2, -0.15) is 0 Å². The molecule has 64 valence electrons. The van der Waals surface area contributed by atoms with Crippen molar-refractivity contribution < 1.29 is 4.79 Å². The van der Waals surface area contributed by atoms with E-state index >= 15 is 0 Å². The number of amides is 2. The lowest BCUT2D eigenvalue weighted by Crippen LogP contribution is -2.45. The van der Waals surface area contributed by atoms with E-state index in [1.807, 2.05) is 0 Å². The molecule has 0 radical (unpaired) electrons. The summed E-state index contributed by atoms with van der Waals surface area (Å²) in [7, 11) is 0. The first-order valence-corrected chi connectivity index (χ1v) is 4.05. The molecule has 1 fully saturated rings. The van der Waals surface area contributed by atoms with Crippen LogP contribution in [0.3, 0.4) is 0 Å². The first kappa shape index (κ1) is 8.33. The molecular weight excluding hydrogens is 142 g/mol. The number of urea groups is 1. The highest BCUT2D eigenvalue weighted by Crippen LogP contribution is 2.33. The third kappa shape index (κ3) is 2.38. The van der Waals surface area contributed by atoms with E-state index in [4.69, 9.17) is 5.84 Å². The highest BCUT2D eigenvalue weighted by molar-refractivity contribution is 5.73. The van der Waals surface area contributed by atoms with Crippen LogP contribution >= 0.6 is 0 Å². The van der Waals surface area contributed by atoms with Gasteiger partial charge >= 0.3 is 6.03 Å². The number of nitrogens with one attached hydrogen (secondary N) is 2. The predicted molar refractivity (Wildman–Crippen MR) is 42.7 cm³/mol. The Bertz CT molecular complexity index is 145. The van der Waals surface area contributed by atoms with Gasteiger partial charge in [0.2, 0.25) is 0 Å². The third-order valence-corrected chi connectivity index (χ3v) is 2.08. The molecule has 4 N–H and O–H groups in total. The van der Waals surface area contributed by atoms with Gasteiger partial charge in [0.25, 0.3) is 0 Å². The topological polar surface area (TPSA) is 67.2 Å². The summed E-state index contributed by atoms with van der Waals surface area (Å²) < 4.78 is 0. The van der Waals surface area contributed by atoms with Crippen molar-refractivity contribution in [3.8, 4) is 0 Å². The van der Waals surface area contributed by atoms with Crippen LogP contribution in [0.1, 0.15) is 26.2 Å². The van der Waals surface area contributed by atoms with Crippen LogP contribution < -0.4 is 16.6 Å². The van der Waals surface area contributed by atoms with E-state index in [2.05, 4.69) is 17.7 Å². The van der Waals surface area contributed by atoms with Crippen LogP contribution in [0.25, 0.3) is 0 Å². The zero-order chi connectivity index (χ0) is 8.27. The summed E-state index contributed by atoms with van der Waals surface area (Å²) in [5.41, 5.74) is 2.06. The van der Waals surface area contributed by atoms with Gasteiger partial charge < -0.3 is 5.32 Å². The molecule has 11 heavy (non-hydrogen) atoms. The zero-order valence-electron chi connectivity index (χ0n) is 6.76. The minimum absolute atomic E-state index is 0.274. The average molecular weight is 157 g/mol. The number of carbonyl (C=O) groups excluding carboxylic acids is 1. The van der Waals surface area contributed by atoms with Gasteiger partial charge in [0, 0.05) is 6.04 Å². The average Bonchev–Trinajstić information content (AvgIpc) is 2.82. The van der Waals surface area contributed by atoms with Gasteiger partial charge in [0.05, 0.1) is 0 Å². The summed E-state index contributed by atoms with van der Waals surface area (Å²) in [5, 5.41) is 2.80. The molecule has 0 saturated heterocycles. The number of carbonyl (C=O) groups is 1. The molecule has 0 heterocycles. The molecule has 1 saturated carbocycles. The lowest BCUT2D eigenvalue weighted by atomic mass is 10.1. The van der Waals surface area contributed by atoms with Gasteiger partial charge in [0.15, 0.2) is 0 Å². The predicted octanol–water partition coefficient (Wildman–Crippen LogP) is 0.348. The minimum atomic E-state index is -0.274. The Kier molecular flexibility index (Phi) is 2.70. The Morgan fingerprint density at radius 3 is 2.73 bits per heavy atom. The lowest BCUT2D eigenvalue weighted by Gasteiger charge is -2.14. The molecular formula is C7H15N3O. The van der Waals surface area contributed by atoms with E-state index in [-0.39, 0.29) is 6.03 Å². The third-order valence-electron chi connectivity index (χ3n) is 2.08. The summed E-state index contributed by atoms with van der Waals surface area (Å²) in [4.78, 5) is 10.8. The fourth-order valence-electron chi connectivity index (χ4n) is 1.26. The van der Waals surface area contributed by atoms with Crippen molar-refractivity contribution in [2.45, 2.75) is 32.2 Å². The van der Waals surface area contributed by atoms with Crippen LogP contribution in [0, 0.1) is 5.92 Å². The largest absolute Gasteiger partial charge is 0.334 e. The Balaban J connectivity index is 2.25. The van der Waals surface area contributed by atoms with Gasteiger partial charge in [-0.3, -0.25) is 5.43 Å². The number of hydrogen-bond donors (Lipinski definition) is 3. The normalized spacial score (nSPS) is 19.1. The van der Waals surface area contributed by atoms with Gasteiger partial charge in [-0.05, 0) is 25.2 Å². The van der Waals surface area contributed by atoms with E-state index in [0.717, 1.165) is 6.42 Å². The fourth-order valence-corrected chi connectivity index (χ4v) is 1.26. The molecule has 1 aliphatic carbocycles. The standard InChI is InChI=1S/C7H15N3O/c1-2-6(5-3-4-5)9-7(11)10-8/h5-6H,2-4,8H2,1H3,(H2,9,10,11). The summed E-state index contributed by atoms with van der Waals surface area (Å²) in [6.07, 6.45) is 3.46. The fraction of sp³-hybridized carbons (Fsp3) is 0.857. The first-order valence-electron chi connectivity index (χ1n) is 4.05. The van der Waals surface area contributed by atoms with Crippen molar-refractivity contribution in [1.29, 1.82) is 0 Å². The summed E-state index contributed by atoms with van der Waals surface area (Å²) in [6, 6.07) is 0.0438. The van der Waals surface area contributed by atoms with Gasteiger partial charge in [0.1, 0.15) is 0 Å². The molecule has 0 bridgehead atoms. The molecule has 0 aromatic heterocycles. The molecule has 1 atom stereocenters. The molecule has 1 unspecified atom stereocenters. The summed E-state index contributed by atoms with van der Waals surface area (Å²) in [6.45, 7) is 2.07. The molecule has 1 aliphatic rings. The summed E-state index contributed by atoms with van der Waals surface area (Å²) in [5.74, 6) is 5.63. The Labute approximate surface area is 66.5 Å². The highest BCUT2D eigenvalue weighted by Gasteiger charge is 2.30. The van der Waals surface area contributed by atoms with Crippen molar-refractivity contribution >= 4 is 6.03 Å². The van der Waals surface area contributed by atoms with Crippen LogP contribution in [0.5, 0.6) is 0 Å². The zero-order valence-corrected chi connectivity index (χ0v) is 6.76. The van der Waals surface area contributed by atoms with E-state index in [1.54, 1.807) is 0 Å². The summed E-state index contributed by atoms with van der Waals surface area (Å²) >= 11 is 0. The van der Waals surface area contributed by atoms with E-state index in [0.29, 0.717) is 12.0 Å². The second kappa shape index (κ2) is 3.57. The molecule has 0 spiro atoms. The lowest BCUT2D eigenvalue weighted by molar-refractivity contribution is 0.235. The van der Waals surface area contributed by atoms with Crippen LogP contribution in [0.2, 0.25) is 0 Å². The van der Waals surface area contributed by atoms with Gasteiger partial charge in [-0.1, -0.05) is 6.92 Å². The maximum Gasteiger partial charge on any atom is 0.329 e. The van der Waals surface area contributed by atoms with E-state index in [1.165, 1.54) is 12.8 Å². The SMILES string of the molecule is CCC(NC(=O)NN)C1CC1. The van der Waals surface area contributed by atoms with Gasteiger partial charge in [-0.25, -0.2) is 10.6 Å². The number of rotatable bonds is 3. The van der Waals surface area contributed by atoms with Crippen molar-refractivity contribution in [3.63, 3.8) is 0 Å². The Morgan fingerprint density at radius 1 is 1.73 bits per heavy atom. The minimum Gasteiger partial charge on any atom is -0.334 e. The monoisotopic (exact) mass is 157 g/mol. The van der Waals surface area contributed by atoms with Crippen molar-refractivity contribution in [1.82, 2.24) is 10.7 Å².